The molecule has 0 aliphatic heterocycles. The maximum Gasteiger partial charge on any atom is 1.00 e. The minimum atomic E-state index is -1.22. The molecule has 1 aromatic rings. The summed E-state index contributed by atoms with van der Waals surface area (Å²) in [5.41, 5.74) is 0.265. The molecule has 0 fully saturated rings. The Morgan fingerprint density at radius 3 is 2.62 bits per heavy atom. The molecule has 0 bridgehead atoms. The van der Waals surface area contributed by atoms with Crippen LogP contribution in [0.2, 0.25) is 10.0 Å². The van der Waals surface area contributed by atoms with Gasteiger partial charge in [0.2, 0.25) is 0 Å². The molecule has 64 valence electrons. The van der Waals surface area contributed by atoms with Gasteiger partial charge in [-0.15, -0.1) is 0 Å². The van der Waals surface area contributed by atoms with Gasteiger partial charge in [-0.1, -0.05) is 23.2 Å². The Bertz CT molecular complexity index is 319. The molecule has 0 atom stereocenters. The molecule has 1 aromatic heterocycles. The second-order valence-corrected chi connectivity index (χ2v) is 2.97. The van der Waals surface area contributed by atoms with E-state index in [1.54, 1.807) is 0 Å². The van der Waals surface area contributed by atoms with E-state index in [1.165, 1.54) is 12.3 Å². The van der Waals surface area contributed by atoms with Gasteiger partial charge in [0, 0.05) is 18.6 Å². The minimum absolute atomic E-state index is 0. The van der Waals surface area contributed by atoms with Gasteiger partial charge >= 0.3 is 29.6 Å². The summed E-state index contributed by atoms with van der Waals surface area (Å²) < 4.78 is 0. The van der Waals surface area contributed by atoms with E-state index in [-0.39, 0.29) is 46.7 Å². The summed E-state index contributed by atoms with van der Waals surface area (Å²) in [7, 11) is 0. The molecule has 0 aliphatic rings. The minimum Gasteiger partial charge on any atom is -0.550 e. The summed E-state index contributed by atoms with van der Waals surface area (Å²) in [5, 5.41) is 10.8. The molecule has 1 rings (SSSR count). The first kappa shape index (κ1) is 13.2. The quantitative estimate of drug-likeness (QED) is 0.534. The number of carbonyl (C=O) groups excluding carboxylic acids is 1. The van der Waals surface area contributed by atoms with Gasteiger partial charge in [-0.25, -0.2) is 0 Å². The van der Waals surface area contributed by atoms with Crippen LogP contribution in [0.3, 0.4) is 0 Å². The first-order valence-corrected chi connectivity index (χ1v) is 3.85. The predicted octanol–water partition coefficient (Wildman–Crippen LogP) is -2.32. The molecule has 0 amide bonds. The van der Waals surface area contributed by atoms with Crippen molar-refractivity contribution in [3.05, 3.63) is 28.0 Å². The van der Waals surface area contributed by atoms with Crippen LogP contribution in [0, 0.1) is 0 Å². The van der Waals surface area contributed by atoms with E-state index in [9.17, 15) is 9.90 Å². The zero-order chi connectivity index (χ0) is 9.14. The van der Waals surface area contributed by atoms with Crippen molar-refractivity contribution in [2.75, 3.05) is 0 Å². The third kappa shape index (κ3) is 4.29. The zero-order valence-electron chi connectivity index (χ0n) is 6.88. The van der Waals surface area contributed by atoms with Crippen molar-refractivity contribution in [3.63, 3.8) is 0 Å². The summed E-state index contributed by atoms with van der Waals surface area (Å²) >= 11 is 11.2. The number of halogens is 2. The van der Waals surface area contributed by atoms with E-state index in [4.69, 9.17) is 23.2 Å². The van der Waals surface area contributed by atoms with Crippen molar-refractivity contribution in [1.82, 2.24) is 4.98 Å². The van der Waals surface area contributed by atoms with Gasteiger partial charge in [-0.2, -0.15) is 0 Å². The Labute approximate surface area is 107 Å². The molecule has 0 N–H and O–H groups in total. The summed E-state index contributed by atoms with van der Waals surface area (Å²) in [6.07, 6.45) is 1.04. The third-order valence-corrected chi connectivity index (χ3v) is 1.73. The van der Waals surface area contributed by atoms with Crippen molar-refractivity contribution >= 4 is 29.2 Å². The summed E-state index contributed by atoms with van der Waals surface area (Å²) in [6.45, 7) is 0. The van der Waals surface area contributed by atoms with E-state index >= 15 is 0 Å². The number of rotatable bonds is 2. The molecular formula is C7H4Cl2NNaO2. The normalized spacial score (nSPS) is 9.08. The molecule has 0 saturated heterocycles. The fraction of sp³-hybridized carbons (Fsp3) is 0.143. The van der Waals surface area contributed by atoms with Crippen LogP contribution >= 0.6 is 23.2 Å². The number of carbonyl (C=O) groups is 1. The fourth-order valence-corrected chi connectivity index (χ4v) is 1.16. The van der Waals surface area contributed by atoms with E-state index in [1.807, 2.05) is 0 Å². The molecule has 0 spiro atoms. The Morgan fingerprint density at radius 1 is 1.54 bits per heavy atom. The van der Waals surface area contributed by atoms with Crippen molar-refractivity contribution in [3.8, 4) is 0 Å². The first-order valence-electron chi connectivity index (χ1n) is 3.09. The topological polar surface area (TPSA) is 53.0 Å². The third-order valence-electron chi connectivity index (χ3n) is 1.20. The molecule has 0 aliphatic carbocycles. The van der Waals surface area contributed by atoms with Crippen LogP contribution in [0.1, 0.15) is 5.69 Å². The molecule has 13 heavy (non-hydrogen) atoms. The Hall–Kier alpha value is 0.200. The number of pyridine rings is 1. The van der Waals surface area contributed by atoms with Crippen LogP contribution in [0.4, 0.5) is 0 Å². The molecule has 1 heterocycles. The Morgan fingerprint density at radius 2 is 2.15 bits per heavy atom. The van der Waals surface area contributed by atoms with Crippen molar-refractivity contribution in [2.24, 2.45) is 0 Å². The predicted molar refractivity (Wildman–Crippen MR) is 43.0 cm³/mol. The molecule has 0 radical (unpaired) electrons. The van der Waals surface area contributed by atoms with E-state index < -0.39 is 5.97 Å². The fourth-order valence-electron chi connectivity index (χ4n) is 0.710. The van der Waals surface area contributed by atoms with Gasteiger partial charge < -0.3 is 9.90 Å². The summed E-state index contributed by atoms with van der Waals surface area (Å²) in [4.78, 5) is 13.9. The second-order valence-electron chi connectivity index (χ2n) is 2.13. The van der Waals surface area contributed by atoms with Crippen LogP contribution in [0.5, 0.6) is 0 Å². The largest absolute Gasteiger partial charge is 1.00 e. The van der Waals surface area contributed by atoms with Gasteiger partial charge in [0.1, 0.15) is 0 Å². The van der Waals surface area contributed by atoms with Gasteiger partial charge in [-0.3, -0.25) is 4.98 Å². The molecule has 6 heteroatoms. The molecule has 0 saturated carbocycles. The second kappa shape index (κ2) is 5.83. The smallest absolute Gasteiger partial charge is 0.550 e. The van der Waals surface area contributed by atoms with Crippen LogP contribution in [0.15, 0.2) is 12.3 Å². The van der Waals surface area contributed by atoms with E-state index in [0.717, 1.165) is 0 Å². The van der Waals surface area contributed by atoms with Gasteiger partial charge in [0.15, 0.2) is 0 Å². The van der Waals surface area contributed by atoms with Crippen molar-refractivity contribution in [1.29, 1.82) is 0 Å². The van der Waals surface area contributed by atoms with Crippen molar-refractivity contribution in [2.45, 2.75) is 6.42 Å². The van der Waals surface area contributed by atoms with Crippen molar-refractivity contribution < 1.29 is 39.5 Å². The van der Waals surface area contributed by atoms with Gasteiger partial charge in [0.25, 0.3) is 0 Å². The van der Waals surface area contributed by atoms with Crippen LogP contribution in [-0.4, -0.2) is 11.0 Å². The SMILES string of the molecule is O=C([O-])Cc1ncc(Cl)cc1Cl.[Na+]. The summed E-state index contributed by atoms with van der Waals surface area (Å²) in [6, 6.07) is 1.44. The first-order chi connectivity index (χ1) is 5.59. The number of nitrogens with zero attached hydrogens (tertiary/aromatic N) is 1. The maximum atomic E-state index is 10.2. The van der Waals surface area contributed by atoms with Crippen LogP contribution < -0.4 is 34.7 Å². The molecule has 0 unspecified atom stereocenters. The average molecular weight is 228 g/mol. The maximum absolute atomic E-state index is 10.2. The van der Waals surface area contributed by atoms with E-state index in [0.29, 0.717) is 5.02 Å². The Kier molecular flexibility index (Phi) is 5.92. The van der Waals surface area contributed by atoms with Gasteiger partial charge in [0.05, 0.1) is 15.7 Å². The molecular weight excluding hydrogens is 224 g/mol. The van der Waals surface area contributed by atoms with E-state index in [2.05, 4.69) is 4.98 Å². The average Bonchev–Trinajstić information content (AvgIpc) is 1.94. The van der Waals surface area contributed by atoms with Crippen LogP contribution in [0.25, 0.3) is 0 Å². The number of aliphatic carboxylic acids is 1. The molecule has 3 nitrogen and oxygen atoms in total. The summed E-state index contributed by atoms with van der Waals surface area (Å²) in [5.74, 6) is -1.22. The number of carboxylic acid groups (broad SMARTS) is 1. The number of hydrogen-bond acceptors (Lipinski definition) is 3. The van der Waals surface area contributed by atoms with Crippen LogP contribution in [-0.2, 0) is 11.2 Å². The standard InChI is InChI=1S/C7H5Cl2NO2.Na/c8-4-1-5(9)6(10-3-4)2-7(11)12;/h1,3H,2H2,(H,11,12);/q;+1/p-1. The monoisotopic (exact) mass is 227 g/mol. The zero-order valence-corrected chi connectivity index (χ0v) is 10.4. The number of carboxylic acids is 1. The number of hydrogen-bond donors (Lipinski definition) is 0. The number of aromatic nitrogens is 1. The Balaban J connectivity index is 0.00000144. The molecule has 0 aromatic carbocycles. The van der Waals surface area contributed by atoms with Gasteiger partial charge in [-0.05, 0) is 6.07 Å².